The van der Waals surface area contributed by atoms with Crippen LogP contribution in [0.3, 0.4) is 0 Å². The van der Waals surface area contributed by atoms with Gasteiger partial charge in [0.1, 0.15) is 10.8 Å². The van der Waals surface area contributed by atoms with E-state index in [1.807, 2.05) is 0 Å². The molecule has 1 aromatic carbocycles. The van der Waals surface area contributed by atoms with Gasteiger partial charge in [-0.3, -0.25) is 4.79 Å². The summed E-state index contributed by atoms with van der Waals surface area (Å²) in [4.78, 5) is 38.6. The van der Waals surface area contributed by atoms with Crippen LogP contribution in [0.5, 0.6) is 5.75 Å². The molecular formula is C23H24F3NO6S. The number of anilines is 1. The van der Waals surface area contributed by atoms with Gasteiger partial charge in [-0.25, -0.2) is 9.59 Å². The molecule has 0 saturated carbocycles. The van der Waals surface area contributed by atoms with Crippen LogP contribution in [0.2, 0.25) is 0 Å². The topological polar surface area (TPSA) is 90.9 Å². The van der Waals surface area contributed by atoms with E-state index in [-0.39, 0.29) is 12.2 Å². The summed E-state index contributed by atoms with van der Waals surface area (Å²) in [7, 11) is 0. The molecule has 1 aliphatic rings. The van der Waals surface area contributed by atoms with E-state index in [2.05, 4.69) is 17.0 Å². The molecule has 1 heterocycles. The zero-order valence-electron chi connectivity index (χ0n) is 18.8. The van der Waals surface area contributed by atoms with Crippen molar-refractivity contribution in [3.63, 3.8) is 0 Å². The molecule has 0 spiro atoms. The number of carbonyl (C=O) groups is 3. The summed E-state index contributed by atoms with van der Waals surface area (Å²) >= 11 is 1.31. The molecule has 0 aliphatic heterocycles. The molecule has 34 heavy (non-hydrogen) atoms. The van der Waals surface area contributed by atoms with Crippen LogP contribution in [0.25, 0.3) is 0 Å². The Balaban J connectivity index is 1.69. The smallest absolute Gasteiger partial charge is 0.462 e. The Bertz CT molecular complexity index is 1060. The first-order valence-corrected chi connectivity index (χ1v) is 11.5. The summed E-state index contributed by atoms with van der Waals surface area (Å²) < 4.78 is 50.9. The third-order valence-corrected chi connectivity index (χ3v) is 6.37. The van der Waals surface area contributed by atoms with Crippen LogP contribution in [0.4, 0.5) is 18.2 Å². The molecule has 1 aromatic heterocycles. The number of thiophene rings is 1. The van der Waals surface area contributed by atoms with Crippen LogP contribution >= 0.6 is 11.3 Å². The Kier molecular flexibility index (Phi) is 7.86. The highest BCUT2D eigenvalue weighted by molar-refractivity contribution is 7.17. The summed E-state index contributed by atoms with van der Waals surface area (Å²) in [6.07, 6.45) is -3.66. The molecular weight excluding hydrogens is 475 g/mol. The maximum atomic E-state index is 12.7. The fraction of sp³-hybridized carbons (Fsp3) is 0.435. The van der Waals surface area contributed by atoms with Crippen LogP contribution in [-0.2, 0) is 27.1 Å². The lowest BCUT2D eigenvalue weighted by atomic mass is 9.88. The lowest BCUT2D eigenvalue weighted by Crippen LogP contribution is -2.30. The zero-order chi connectivity index (χ0) is 25.0. The second-order valence-electron chi connectivity index (χ2n) is 7.89. The number of halogens is 3. The zero-order valence-corrected chi connectivity index (χ0v) is 19.6. The summed E-state index contributed by atoms with van der Waals surface area (Å²) in [6, 6.07) is 4.14. The fourth-order valence-corrected chi connectivity index (χ4v) is 4.95. The number of hydrogen-bond acceptors (Lipinski definition) is 7. The number of amides is 1. The van der Waals surface area contributed by atoms with Crippen LogP contribution in [0, 0.1) is 5.92 Å². The van der Waals surface area contributed by atoms with Gasteiger partial charge in [0.25, 0.3) is 5.91 Å². The second-order valence-corrected chi connectivity index (χ2v) is 8.99. The molecule has 7 nitrogen and oxygen atoms in total. The molecule has 11 heteroatoms. The largest absolute Gasteiger partial charge is 0.573 e. The number of ether oxygens (including phenoxy) is 3. The first kappa shape index (κ1) is 25.5. The van der Waals surface area contributed by atoms with E-state index in [4.69, 9.17) is 9.47 Å². The summed E-state index contributed by atoms with van der Waals surface area (Å²) in [5.41, 5.74) is 1.16. The van der Waals surface area contributed by atoms with E-state index in [1.54, 1.807) is 6.92 Å². The number of carbonyl (C=O) groups excluding carboxylic acids is 3. The van der Waals surface area contributed by atoms with E-state index in [9.17, 15) is 27.6 Å². The molecule has 184 valence electrons. The standard InChI is InChI=1S/C23H24F3NO6S/c1-4-31-22(30)18-16-10-5-12(2)11-17(16)34-20(18)27-19(28)13(3)32-21(29)14-6-8-15(9-7-14)33-23(24,25)26/h6-9,12-13H,4-5,10-11H2,1-3H3,(H,27,28)/t12-,13-/m1/s1. The highest BCUT2D eigenvalue weighted by Crippen LogP contribution is 2.40. The average Bonchev–Trinajstić information content (AvgIpc) is 3.09. The third-order valence-electron chi connectivity index (χ3n) is 5.20. The maximum absolute atomic E-state index is 12.7. The number of nitrogens with one attached hydrogen (secondary N) is 1. The van der Waals surface area contributed by atoms with Crippen molar-refractivity contribution >= 4 is 34.2 Å². The van der Waals surface area contributed by atoms with Crippen molar-refractivity contribution < 1.29 is 41.8 Å². The third kappa shape index (κ3) is 6.28. The van der Waals surface area contributed by atoms with Gasteiger partial charge >= 0.3 is 18.3 Å². The molecule has 0 fully saturated rings. The quantitative estimate of drug-likeness (QED) is 0.531. The number of rotatable bonds is 7. The van der Waals surface area contributed by atoms with E-state index in [0.717, 1.165) is 47.5 Å². The Morgan fingerprint density at radius 2 is 1.85 bits per heavy atom. The van der Waals surface area contributed by atoms with Crippen molar-refractivity contribution in [1.29, 1.82) is 0 Å². The summed E-state index contributed by atoms with van der Waals surface area (Å²) in [5, 5.41) is 3.02. The highest BCUT2D eigenvalue weighted by Gasteiger charge is 2.32. The summed E-state index contributed by atoms with van der Waals surface area (Å²) in [5.74, 6) is -2.10. The molecule has 0 unspecified atom stereocenters. The van der Waals surface area contributed by atoms with Crippen LogP contribution < -0.4 is 10.1 Å². The SMILES string of the molecule is CCOC(=O)c1c(NC(=O)[C@@H](C)OC(=O)c2ccc(OC(F)(F)F)cc2)sc2c1CC[C@@H](C)C2. The fourth-order valence-electron chi connectivity index (χ4n) is 3.55. The Hall–Kier alpha value is -3.08. The van der Waals surface area contributed by atoms with Gasteiger partial charge in [-0.1, -0.05) is 6.92 Å². The predicted molar refractivity (Wildman–Crippen MR) is 118 cm³/mol. The molecule has 1 N–H and O–H groups in total. The molecule has 2 aromatic rings. The van der Waals surface area contributed by atoms with Gasteiger partial charge in [-0.2, -0.15) is 0 Å². The minimum atomic E-state index is -4.85. The number of esters is 2. The number of benzene rings is 1. The van der Waals surface area contributed by atoms with E-state index < -0.39 is 36.1 Å². The van der Waals surface area contributed by atoms with Crippen LogP contribution in [0.15, 0.2) is 24.3 Å². The maximum Gasteiger partial charge on any atom is 0.573 e. The van der Waals surface area contributed by atoms with Crippen molar-refractivity contribution in [2.75, 3.05) is 11.9 Å². The first-order chi connectivity index (χ1) is 16.0. The van der Waals surface area contributed by atoms with Crippen molar-refractivity contribution in [1.82, 2.24) is 0 Å². The molecule has 0 saturated heterocycles. The lowest BCUT2D eigenvalue weighted by molar-refractivity contribution is -0.274. The molecule has 1 aliphatic carbocycles. The van der Waals surface area contributed by atoms with Crippen LogP contribution in [-0.4, -0.2) is 36.9 Å². The van der Waals surface area contributed by atoms with Crippen molar-refractivity contribution in [3.8, 4) is 5.75 Å². The van der Waals surface area contributed by atoms with E-state index >= 15 is 0 Å². The number of hydrogen-bond donors (Lipinski definition) is 1. The van der Waals surface area contributed by atoms with Gasteiger partial charge < -0.3 is 19.5 Å². The molecule has 2 atom stereocenters. The minimum absolute atomic E-state index is 0.0537. The Morgan fingerprint density at radius 1 is 1.18 bits per heavy atom. The average molecular weight is 500 g/mol. The monoisotopic (exact) mass is 499 g/mol. The van der Waals surface area contributed by atoms with Crippen LogP contribution in [0.1, 0.15) is 58.3 Å². The van der Waals surface area contributed by atoms with Gasteiger partial charge in [0.2, 0.25) is 0 Å². The molecule has 1 amide bonds. The van der Waals surface area contributed by atoms with Crippen molar-refractivity contribution in [2.45, 2.75) is 52.5 Å². The number of fused-ring (bicyclic) bond motifs is 1. The van der Waals surface area contributed by atoms with E-state index in [1.165, 1.54) is 18.3 Å². The normalized spacial score (nSPS) is 16.2. The molecule has 3 rings (SSSR count). The molecule has 0 radical (unpaired) electrons. The number of alkyl halides is 3. The van der Waals surface area contributed by atoms with Gasteiger partial charge in [-0.15, -0.1) is 24.5 Å². The minimum Gasteiger partial charge on any atom is -0.462 e. The van der Waals surface area contributed by atoms with Crippen molar-refractivity contribution in [3.05, 3.63) is 45.8 Å². The van der Waals surface area contributed by atoms with Gasteiger partial charge in [0.05, 0.1) is 17.7 Å². The molecule has 0 bridgehead atoms. The second kappa shape index (κ2) is 10.5. The Labute approximate surface area is 198 Å². The van der Waals surface area contributed by atoms with Gasteiger partial charge in [-0.05, 0) is 68.9 Å². The lowest BCUT2D eigenvalue weighted by Gasteiger charge is -2.18. The Morgan fingerprint density at radius 3 is 2.47 bits per heavy atom. The predicted octanol–water partition coefficient (Wildman–Crippen LogP) is 5.13. The summed E-state index contributed by atoms with van der Waals surface area (Å²) in [6.45, 7) is 5.36. The van der Waals surface area contributed by atoms with Gasteiger partial charge in [0, 0.05) is 4.88 Å². The first-order valence-electron chi connectivity index (χ1n) is 10.7. The van der Waals surface area contributed by atoms with Gasteiger partial charge in [0.15, 0.2) is 6.10 Å². The highest BCUT2D eigenvalue weighted by atomic mass is 32.1. The van der Waals surface area contributed by atoms with Crippen molar-refractivity contribution in [2.24, 2.45) is 5.92 Å². The van der Waals surface area contributed by atoms with E-state index in [0.29, 0.717) is 22.9 Å².